The van der Waals surface area contributed by atoms with Crippen molar-refractivity contribution in [2.45, 2.75) is 13.0 Å². The van der Waals surface area contributed by atoms with Crippen LogP contribution in [0.2, 0.25) is 0 Å². The lowest BCUT2D eigenvalue weighted by Crippen LogP contribution is -2.29. The van der Waals surface area contributed by atoms with Crippen molar-refractivity contribution in [1.29, 1.82) is 0 Å². The van der Waals surface area contributed by atoms with E-state index in [0.29, 0.717) is 16.9 Å². The zero-order valence-corrected chi connectivity index (χ0v) is 16.6. The van der Waals surface area contributed by atoms with Crippen LogP contribution in [0, 0.1) is 6.92 Å². The Balaban J connectivity index is 1.72. The molecular formula is C25H18N2O4. The molecule has 1 aliphatic heterocycles. The number of aliphatic hydroxyl groups excluding tert-OH is 1. The number of aromatic nitrogens is 1. The number of nitrogens with zero attached hydrogens (tertiary/aromatic N) is 2. The van der Waals surface area contributed by atoms with E-state index >= 15 is 0 Å². The molecule has 152 valence electrons. The minimum atomic E-state index is -0.822. The average molecular weight is 410 g/mol. The molecule has 1 atom stereocenters. The van der Waals surface area contributed by atoms with Gasteiger partial charge in [-0.3, -0.25) is 14.5 Å². The maximum atomic E-state index is 13.1. The summed E-state index contributed by atoms with van der Waals surface area (Å²) in [6.45, 7) is 1.71. The molecule has 0 bridgehead atoms. The maximum absolute atomic E-state index is 13.1. The Morgan fingerprint density at radius 2 is 1.65 bits per heavy atom. The van der Waals surface area contributed by atoms with Gasteiger partial charge in [-0.15, -0.1) is 0 Å². The molecule has 31 heavy (non-hydrogen) atoms. The zero-order valence-electron chi connectivity index (χ0n) is 16.6. The van der Waals surface area contributed by atoms with Gasteiger partial charge in [0, 0.05) is 11.6 Å². The van der Waals surface area contributed by atoms with Crippen LogP contribution in [0.25, 0.3) is 16.5 Å². The number of aliphatic hydroxyl groups is 1. The van der Waals surface area contributed by atoms with Crippen molar-refractivity contribution in [3.63, 3.8) is 0 Å². The summed E-state index contributed by atoms with van der Waals surface area (Å²) in [6.07, 6.45) is 0. The normalized spacial score (nSPS) is 18.1. The summed E-state index contributed by atoms with van der Waals surface area (Å²) in [5.74, 6) is -1.01. The van der Waals surface area contributed by atoms with Gasteiger partial charge in [-0.1, -0.05) is 71.9 Å². The predicted octanol–water partition coefficient (Wildman–Crippen LogP) is 4.76. The summed E-state index contributed by atoms with van der Waals surface area (Å²) in [6, 6.07) is 23.0. The second-order valence-corrected chi connectivity index (χ2v) is 7.44. The van der Waals surface area contributed by atoms with Gasteiger partial charge in [-0.05, 0) is 29.3 Å². The van der Waals surface area contributed by atoms with Gasteiger partial charge in [-0.25, -0.2) is 0 Å². The molecule has 5 rings (SSSR count). The van der Waals surface area contributed by atoms with Gasteiger partial charge in [0.15, 0.2) is 5.82 Å². The van der Waals surface area contributed by atoms with Crippen molar-refractivity contribution >= 4 is 34.0 Å². The SMILES string of the molecule is Cc1cc(N2C(=O)C(=O)C(=C(O)c3ccc4ccccc4c3)[C@H]2c2ccccc2)no1. The molecule has 0 spiro atoms. The van der Waals surface area contributed by atoms with Crippen LogP contribution in [0.3, 0.4) is 0 Å². The number of benzene rings is 3. The smallest absolute Gasteiger partial charge is 0.301 e. The number of aryl methyl sites for hydroxylation is 1. The third kappa shape index (κ3) is 3.09. The number of hydrogen-bond acceptors (Lipinski definition) is 5. The third-order valence-electron chi connectivity index (χ3n) is 5.44. The van der Waals surface area contributed by atoms with Gasteiger partial charge in [0.2, 0.25) is 0 Å². The minimum absolute atomic E-state index is 0.0205. The van der Waals surface area contributed by atoms with Crippen LogP contribution >= 0.6 is 0 Å². The number of hydrogen-bond donors (Lipinski definition) is 1. The van der Waals surface area contributed by atoms with Gasteiger partial charge in [0.25, 0.3) is 5.78 Å². The molecule has 4 aromatic rings. The fourth-order valence-electron chi connectivity index (χ4n) is 3.98. The highest BCUT2D eigenvalue weighted by atomic mass is 16.5. The largest absolute Gasteiger partial charge is 0.507 e. The minimum Gasteiger partial charge on any atom is -0.507 e. The summed E-state index contributed by atoms with van der Waals surface area (Å²) in [5, 5.41) is 17.1. The number of Topliss-reactive ketones (excluding diaryl/α,β-unsaturated/α-hetero) is 1. The Bertz CT molecular complexity index is 1350. The van der Waals surface area contributed by atoms with E-state index in [1.807, 2.05) is 60.7 Å². The van der Waals surface area contributed by atoms with E-state index < -0.39 is 17.7 Å². The van der Waals surface area contributed by atoms with Gasteiger partial charge >= 0.3 is 5.91 Å². The summed E-state index contributed by atoms with van der Waals surface area (Å²) in [4.78, 5) is 27.4. The number of anilines is 1. The molecule has 1 amide bonds. The van der Waals surface area contributed by atoms with Crippen LogP contribution in [0.15, 0.2) is 89.0 Å². The summed E-state index contributed by atoms with van der Waals surface area (Å²) in [5.41, 5.74) is 1.17. The molecule has 6 heteroatoms. The van der Waals surface area contributed by atoms with E-state index in [-0.39, 0.29) is 17.2 Å². The summed E-state index contributed by atoms with van der Waals surface area (Å²) in [7, 11) is 0. The van der Waals surface area contributed by atoms with Gasteiger partial charge in [0.1, 0.15) is 11.5 Å². The van der Waals surface area contributed by atoms with E-state index in [0.717, 1.165) is 10.8 Å². The van der Waals surface area contributed by atoms with Crippen molar-refractivity contribution in [2.75, 3.05) is 4.90 Å². The molecule has 2 heterocycles. The van der Waals surface area contributed by atoms with Crippen LogP contribution in [-0.2, 0) is 9.59 Å². The van der Waals surface area contributed by atoms with Crippen molar-refractivity contribution < 1.29 is 19.2 Å². The number of carbonyl (C=O) groups is 2. The Kier molecular flexibility index (Phi) is 4.40. The van der Waals surface area contributed by atoms with Crippen LogP contribution in [0.5, 0.6) is 0 Å². The third-order valence-corrected chi connectivity index (χ3v) is 5.44. The number of amides is 1. The summed E-state index contributed by atoms with van der Waals surface area (Å²) < 4.78 is 5.14. The topological polar surface area (TPSA) is 83.6 Å². The summed E-state index contributed by atoms with van der Waals surface area (Å²) >= 11 is 0. The molecule has 1 N–H and O–H groups in total. The highest BCUT2D eigenvalue weighted by Gasteiger charge is 2.48. The number of ketones is 1. The molecule has 1 aliphatic rings. The number of fused-ring (bicyclic) bond motifs is 1. The second-order valence-electron chi connectivity index (χ2n) is 7.44. The predicted molar refractivity (Wildman–Crippen MR) is 116 cm³/mol. The fraction of sp³-hybridized carbons (Fsp3) is 0.0800. The molecule has 1 saturated heterocycles. The Morgan fingerprint density at radius 3 is 2.35 bits per heavy atom. The standard InChI is InChI=1S/C25H18N2O4/c1-15-13-20(26-31-15)27-22(17-8-3-2-4-9-17)21(24(29)25(27)30)23(28)19-12-11-16-7-5-6-10-18(16)14-19/h2-14,22,28H,1H3/t22-/m1/s1. The number of rotatable bonds is 3. The van der Waals surface area contributed by atoms with E-state index in [9.17, 15) is 14.7 Å². The molecular weight excluding hydrogens is 392 g/mol. The Hall–Kier alpha value is -4.19. The second kappa shape index (κ2) is 7.25. The lowest BCUT2D eigenvalue weighted by Gasteiger charge is -2.22. The van der Waals surface area contributed by atoms with Crippen LogP contribution in [0.1, 0.15) is 22.9 Å². The van der Waals surface area contributed by atoms with Crippen molar-refractivity contribution in [3.05, 3.63) is 101 Å². The first-order chi connectivity index (χ1) is 15.0. The van der Waals surface area contributed by atoms with E-state index in [1.165, 1.54) is 4.90 Å². The monoisotopic (exact) mass is 410 g/mol. The Morgan fingerprint density at radius 1 is 0.935 bits per heavy atom. The highest BCUT2D eigenvalue weighted by Crippen LogP contribution is 2.42. The molecule has 6 nitrogen and oxygen atoms in total. The van der Waals surface area contributed by atoms with Crippen molar-refractivity contribution in [2.24, 2.45) is 0 Å². The molecule has 3 aromatic carbocycles. The van der Waals surface area contributed by atoms with E-state index in [1.54, 1.807) is 25.1 Å². The molecule has 0 unspecified atom stereocenters. The number of carbonyl (C=O) groups excluding carboxylic acids is 2. The van der Waals surface area contributed by atoms with E-state index in [4.69, 9.17) is 4.52 Å². The molecule has 0 radical (unpaired) electrons. The first-order valence-electron chi connectivity index (χ1n) is 9.83. The van der Waals surface area contributed by atoms with Crippen molar-refractivity contribution in [1.82, 2.24) is 5.16 Å². The average Bonchev–Trinajstić information content (AvgIpc) is 3.34. The highest BCUT2D eigenvalue weighted by molar-refractivity contribution is 6.51. The first kappa shape index (κ1) is 18.8. The van der Waals surface area contributed by atoms with E-state index in [2.05, 4.69) is 5.16 Å². The maximum Gasteiger partial charge on any atom is 0.301 e. The Labute approximate surface area is 178 Å². The van der Waals surface area contributed by atoms with Crippen LogP contribution in [-0.4, -0.2) is 22.0 Å². The fourth-order valence-corrected chi connectivity index (χ4v) is 3.98. The van der Waals surface area contributed by atoms with Gasteiger partial charge in [-0.2, -0.15) is 0 Å². The lowest BCUT2D eigenvalue weighted by molar-refractivity contribution is -0.132. The molecule has 1 fully saturated rings. The van der Waals surface area contributed by atoms with Crippen LogP contribution < -0.4 is 4.90 Å². The molecule has 0 saturated carbocycles. The quantitative estimate of drug-likeness (QED) is 0.299. The zero-order chi connectivity index (χ0) is 21.5. The van der Waals surface area contributed by atoms with Crippen molar-refractivity contribution in [3.8, 4) is 0 Å². The van der Waals surface area contributed by atoms with Gasteiger partial charge < -0.3 is 9.63 Å². The molecule has 0 aliphatic carbocycles. The lowest BCUT2D eigenvalue weighted by atomic mass is 9.94. The first-order valence-corrected chi connectivity index (χ1v) is 9.83. The van der Waals surface area contributed by atoms with Gasteiger partial charge in [0.05, 0.1) is 11.6 Å². The van der Waals surface area contributed by atoms with Crippen LogP contribution in [0.4, 0.5) is 5.82 Å². The molecule has 1 aromatic heterocycles.